The van der Waals surface area contributed by atoms with Gasteiger partial charge in [-0.25, -0.2) is 4.79 Å². The Hall–Kier alpha value is -2.10. The maximum absolute atomic E-state index is 11.3. The van der Waals surface area contributed by atoms with Crippen molar-refractivity contribution in [2.24, 2.45) is 7.05 Å². The van der Waals surface area contributed by atoms with Crippen molar-refractivity contribution in [1.82, 2.24) is 14.5 Å². The van der Waals surface area contributed by atoms with Crippen LogP contribution in [-0.2, 0) is 7.05 Å². The van der Waals surface area contributed by atoms with Crippen molar-refractivity contribution in [3.63, 3.8) is 0 Å². The Morgan fingerprint density at radius 3 is 2.93 bits per heavy atom. The first-order valence-electron chi connectivity index (χ1n) is 4.70. The van der Waals surface area contributed by atoms with E-state index in [1.807, 2.05) is 30.5 Å². The molecule has 0 atom stereocenters. The predicted octanol–water partition coefficient (Wildman–Crippen LogP) is 1.41. The fourth-order valence-electron chi connectivity index (χ4n) is 1.79. The third-order valence-electron chi connectivity index (χ3n) is 2.56. The topological polar surface area (TPSA) is 50.7 Å². The first-order valence-corrected chi connectivity index (χ1v) is 4.70. The van der Waals surface area contributed by atoms with Gasteiger partial charge in [0.1, 0.15) is 5.65 Å². The minimum atomic E-state index is -0.242. The largest absolute Gasteiger partial charge is 0.349 e. The summed E-state index contributed by atoms with van der Waals surface area (Å²) in [5.41, 5.74) is 1.42. The molecule has 4 nitrogen and oxygen atoms in total. The average Bonchev–Trinajstić information content (AvgIpc) is 2.57. The quantitative estimate of drug-likeness (QED) is 0.595. The van der Waals surface area contributed by atoms with Crippen molar-refractivity contribution in [3.05, 3.63) is 40.9 Å². The van der Waals surface area contributed by atoms with Gasteiger partial charge in [0.15, 0.2) is 0 Å². The minimum absolute atomic E-state index is 0.242. The van der Waals surface area contributed by atoms with Gasteiger partial charge in [-0.05, 0) is 6.07 Å². The van der Waals surface area contributed by atoms with Gasteiger partial charge >= 0.3 is 5.69 Å². The van der Waals surface area contributed by atoms with Gasteiger partial charge in [0.25, 0.3) is 0 Å². The maximum atomic E-state index is 11.3. The summed E-state index contributed by atoms with van der Waals surface area (Å²) in [6.07, 6.45) is 1.81. The van der Waals surface area contributed by atoms with Crippen LogP contribution in [0, 0.1) is 0 Å². The first-order chi connectivity index (χ1) is 7.25. The van der Waals surface area contributed by atoms with Gasteiger partial charge in [-0.1, -0.05) is 18.2 Å². The van der Waals surface area contributed by atoms with Crippen LogP contribution in [0.5, 0.6) is 0 Å². The highest BCUT2D eigenvalue weighted by Crippen LogP contribution is 2.21. The van der Waals surface area contributed by atoms with E-state index in [-0.39, 0.29) is 5.69 Å². The zero-order valence-electron chi connectivity index (χ0n) is 8.19. The fourth-order valence-corrected chi connectivity index (χ4v) is 1.79. The molecule has 0 aliphatic carbocycles. The number of rotatable bonds is 0. The molecule has 2 aromatic heterocycles. The number of hydrogen-bond donors (Lipinski definition) is 1. The lowest BCUT2D eigenvalue weighted by molar-refractivity contribution is 0.826. The molecular weight excluding hydrogens is 190 g/mol. The number of H-pyrrole nitrogens is 1. The molecule has 0 unspecified atom stereocenters. The number of benzene rings is 1. The van der Waals surface area contributed by atoms with E-state index in [1.165, 1.54) is 4.57 Å². The number of hydrogen-bond acceptors (Lipinski definition) is 2. The molecule has 3 rings (SSSR count). The molecule has 0 saturated heterocycles. The number of aryl methyl sites for hydroxylation is 1. The third kappa shape index (κ3) is 1.08. The highest BCUT2D eigenvalue weighted by Gasteiger charge is 2.05. The van der Waals surface area contributed by atoms with Gasteiger partial charge in [0.2, 0.25) is 0 Å². The van der Waals surface area contributed by atoms with Crippen LogP contribution < -0.4 is 5.69 Å². The van der Waals surface area contributed by atoms with E-state index in [9.17, 15) is 4.79 Å². The predicted molar refractivity (Wildman–Crippen MR) is 58.8 cm³/mol. The Bertz CT molecular complexity index is 708. The molecule has 1 aromatic carbocycles. The van der Waals surface area contributed by atoms with Crippen molar-refractivity contribution in [2.75, 3.05) is 0 Å². The van der Waals surface area contributed by atoms with E-state index < -0.39 is 0 Å². The second-order valence-electron chi connectivity index (χ2n) is 3.57. The van der Waals surface area contributed by atoms with Crippen LogP contribution >= 0.6 is 0 Å². The van der Waals surface area contributed by atoms with E-state index >= 15 is 0 Å². The molecule has 74 valence electrons. The second kappa shape index (κ2) is 2.70. The lowest BCUT2D eigenvalue weighted by Gasteiger charge is -1.94. The number of nitrogens with zero attached hydrogens (tertiary/aromatic N) is 2. The van der Waals surface area contributed by atoms with Gasteiger partial charge in [-0.2, -0.15) is 4.98 Å². The average molecular weight is 199 g/mol. The summed E-state index contributed by atoms with van der Waals surface area (Å²) in [6, 6.07) is 7.92. The van der Waals surface area contributed by atoms with Crippen LogP contribution in [-0.4, -0.2) is 14.5 Å². The van der Waals surface area contributed by atoms with Gasteiger partial charge in [-0.3, -0.25) is 0 Å². The van der Waals surface area contributed by atoms with E-state index in [0.717, 1.165) is 16.3 Å². The fraction of sp³-hybridized carbons (Fsp3) is 0.0909. The molecule has 0 aliphatic heterocycles. The van der Waals surface area contributed by atoms with Gasteiger partial charge in [-0.15, -0.1) is 0 Å². The van der Waals surface area contributed by atoms with Crippen molar-refractivity contribution in [2.45, 2.75) is 0 Å². The summed E-state index contributed by atoms with van der Waals surface area (Å²) in [7, 11) is 1.70. The van der Waals surface area contributed by atoms with Crippen LogP contribution in [0.25, 0.3) is 21.9 Å². The molecule has 4 heteroatoms. The smallest absolute Gasteiger partial charge is 0.339 e. The minimum Gasteiger partial charge on any atom is -0.339 e. The van der Waals surface area contributed by atoms with E-state index in [0.29, 0.717) is 5.65 Å². The molecule has 1 N–H and O–H groups in total. The van der Waals surface area contributed by atoms with Gasteiger partial charge in [0, 0.05) is 29.5 Å². The van der Waals surface area contributed by atoms with Crippen LogP contribution in [0.2, 0.25) is 0 Å². The summed E-state index contributed by atoms with van der Waals surface area (Å²) in [6.45, 7) is 0. The summed E-state index contributed by atoms with van der Waals surface area (Å²) in [5, 5.41) is 2.07. The molecule has 3 aromatic rings. The molecule has 15 heavy (non-hydrogen) atoms. The lowest BCUT2D eigenvalue weighted by atomic mass is 10.2. The number of aromatic nitrogens is 3. The van der Waals surface area contributed by atoms with E-state index in [4.69, 9.17) is 0 Å². The van der Waals surface area contributed by atoms with Gasteiger partial charge in [0.05, 0.1) is 0 Å². The molecule has 0 amide bonds. The number of nitrogens with one attached hydrogen (secondary N) is 1. The monoisotopic (exact) mass is 199 g/mol. The van der Waals surface area contributed by atoms with Crippen LogP contribution in [0.15, 0.2) is 35.3 Å². The number of para-hydroxylation sites is 1. The highest BCUT2D eigenvalue weighted by atomic mass is 16.1. The molecule has 0 bridgehead atoms. The summed E-state index contributed by atoms with van der Waals surface area (Å²) in [4.78, 5) is 18.4. The van der Waals surface area contributed by atoms with Crippen LogP contribution in [0.4, 0.5) is 0 Å². The first kappa shape index (κ1) is 8.23. The Kier molecular flexibility index (Phi) is 1.48. The Morgan fingerprint density at radius 2 is 2.07 bits per heavy atom. The van der Waals surface area contributed by atoms with Crippen molar-refractivity contribution in [3.8, 4) is 0 Å². The van der Waals surface area contributed by atoms with Crippen molar-refractivity contribution < 1.29 is 0 Å². The lowest BCUT2D eigenvalue weighted by Crippen LogP contribution is -2.18. The number of aromatic amines is 1. The molecule has 0 saturated carbocycles. The van der Waals surface area contributed by atoms with Crippen molar-refractivity contribution >= 4 is 21.9 Å². The molecule has 0 spiro atoms. The Balaban J connectivity index is 2.61. The summed E-state index contributed by atoms with van der Waals surface area (Å²) < 4.78 is 1.49. The molecule has 0 fully saturated rings. The standard InChI is InChI=1S/C11H9N3O/c1-14-6-8-7-4-2-3-5-9(7)12-10(8)13-11(14)15/h2-6H,1H3,(H,12,13,15). The van der Waals surface area contributed by atoms with Crippen LogP contribution in [0.1, 0.15) is 0 Å². The van der Waals surface area contributed by atoms with Crippen molar-refractivity contribution in [1.29, 1.82) is 0 Å². The normalized spacial score (nSPS) is 11.3. The van der Waals surface area contributed by atoms with Gasteiger partial charge < -0.3 is 9.55 Å². The molecule has 0 aliphatic rings. The molecular formula is C11H9N3O. The molecule has 0 radical (unpaired) electrons. The van der Waals surface area contributed by atoms with Crippen LogP contribution in [0.3, 0.4) is 0 Å². The van der Waals surface area contributed by atoms with E-state index in [2.05, 4.69) is 9.97 Å². The zero-order chi connectivity index (χ0) is 10.4. The Labute approximate surface area is 85.2 Å². The number of fused-ring (bicyclic) bond motifs is 3. The maximum Gasteiger partial charge on any atom is 0.349 e. The van der Waals surface area contributed by atoms with E-state index in [1.54, 1.807) is 7.05 Å². The second-order valence-corrected chi connectivity index (χ2v) is 3.57. The summed E-state index contributed by atoms with van der Waals surface area (Å²) >= 11 is 0. The molecule has 2 heterocycles. The zero-order valence-corrected chi connectivity index (χ0v) is 8.19. The highest BCUT2D eigenvalue weighted by molar-refractivity contribution is 6.05. The Morgan fingerprint density at radius 1 is 1.27 bits per heavy atom. The third-order valence-corrected chi connectivity index (χ3v) is 2.56. The summed E-state index contributed by atoms with van der Waals surface area (Å²) in [5.74, 6) is 0. The SMILES string of the molecule is Cn1cc2c(nc1=O)[nH]c1ccccc12.